The Morgan fingerprint density at radius 3 is 2.59 bits per heavy atom. The molecule has 7 heteroatoms. The zero-order valence-electron chi connectivity index (χ0n) is 8.91. The summed E-state index contributed by atoms with van der Waals surface area (Å²) in [6.07, 6.45) is 0.0194. The van der Waals surface area contributed by atoms with E-state index in [0.29, 0.717) is 15.4 Å². The van der Waals surface area contributed by atoms with Crippen molar-refractivity contribution in [3.8, 4) is 0 Å². The molecular formula is C10H9Br2NO4. The van der Waals surface area contributed by atoms with Crippen LogP contribution in [0.2, 0.25) is 0 Å². The third-order valence-electron chi connectivity index (χ3n) is 2.17. The van der Waals surface area contributed by atoms with Crippen LogP contribution in [0, 0.1) is 10.1 Å². The summed E-state index contributed by atoms with van der Waals surface area (Å²) in [6, 6.07) is 3.02. The quantitative estimate of drug-likeness (QED) is 0.355. The molecule has 0 heterocycles. The highest BCUT2D eigenvalue weighted by Gasteiger charge is 2.17. The second kappa shape index (κ2) is 6.11. The molecular weight excluding hydrogens is 358 g/mol. The van der Waals surface area contributed by atoms with E-state index in [-0.39, 0.29) is 12.1 Å². The Bertz CT molecular complexity index is 462. The maximum atomic E-state index is 11.2. The lowest BCUT2D eigenvalue weighted by Crippen LogP contribution is -2.07. The monoisotopic (exact) mass is 365 g/mol. The predicted octanol–water partition coefficient (Wildman–Crippen LogP) is 2.97. The molecule has 92 valence electrons. The number of nitro benzene ring substituents is 1. The van der Waals surface area contributed by atoms with E-state index < -0.39 is 10.9 Å². The number of nitro groups is 1. The van der Waals surface area contributed by atoms with Crippen LogP contribution < -0.4 is 0 Å². The van der Waals surface area contributed by atoms with Gasteiger partial charge in [0.2, 0.25) is 0 Å². The SMILES string of the molecule is COC(=O)Cc1cc([N+](=O)[O-])c(Br)cc1CBr. The van der Waals surface area contributed by atoms with Crippen molar-refractivity contribution >= 4 is 43.5 Å². The highest BCUT2D eigenvalue weighted by atomic mass is 79.9. The largest absolute Gasteiger partial charge is 0.469 e. The molecule has 0 spiro atoms. The molecule has 0 N–H and O–H groups in total. The summed E-state index contributed by atoms with van der Waals surface area (Å²) in [7, 11) is 1.28. The van der Waals surface area contributed by atoms with Gasteiger partial charge in [-0.05, 0) is 33.1 Å². The van der Waals surface area contributed by atoms with Crippen molar-refractivity contribution < 1.29 is 14.5 Å². The van der Waals surface area contributed by atoms with E-state index in [2.05, 4.69) is 36.6 Å². The molecule has 0 amide bonds. The second-order valence-corrected chi connectivity index (χ2v) is 4.63. The van der Waals surface area contributed by atoms with E-state index in [1.54, 1.807) is 6.07 Å². The highest BCUT2D eigenvalue weighted by molar-refractivity contribution is 9.10. The standard InChI is InChI=1S/C10H9Br2NO4/c1-17-10(14)4-6-3-9(13(15)16)8(12)2-7(6)5-11/h2-3H,4-5H2,1H3. The van der Waals surface area contributed by atoms with Gasteiger partial charge in [0.25, 0.3) is 5.69 Å². The van der Waals surface area contributed by atoms with E-state index in [1.807, 2.05) is 0 Å². The number of carbonyl (C=O) groups excluding carboxylic acids is 1. The molecule has 0 aliphatic carbocycles. The molecule has 0 aromatic heterocycles. The van der Waals surface area contributed by atoms with Crippen molar-refractivity contribution in [2.45, 2.75) is 11.8 Å². The van der Waals surface area contributed by atoms with Crippen LogP contribution in [0.4, 0.5) is 5.69 Å². The summed E-state index contributed by atoms with van der Waals surface area (Å²) < 4.78 is 4.94. The first-order chi connectivity index (χ1) is 7.99. The summed E-state index contributed by atoms with van der Waals surface area (Å²) in [4.78, 5) is 21.5. The van der Waals surface area contributed by atoms with Crippen LogP contribution in [0.3, 0.4) is 0 Å². The molecule has 5 nitrogen and oxygen atoms in total. The lowest BCUT2D eigenvalue weighted by atomic mass is 10.1. The minimum atomic E-state index is -0.497. The average Bonchev–Trinajstić information content (AvgIpc) is 2.30. The lowest BCUT2D eigenvalue weighted by molar-refractivity contribution is -0.385. The van der Waals surface area contributed by atoms with E-state index in [4.69, 9.17) is 0 Å². The van der Waals surface area contributed by atoms with Gasteiger partial charge in [0, 0.05) is 11.4 Å². The van der Waals surface area contributed by atoms with Gasteiger partial charge in [-0.25, -0.2) is 0 Å². The van der Waals surface area contributed by atoms with Crippen molar-refractivity contribution in [2.75, 3.05) is 7.11 Å². The molecule has 0 atom stereocenters. The van der Waals surface area contributed by atoms with Crippen molar-refractivity contribution in [3.63, 3.8) is 0 Å². The molecule has 0 saturated carbocycles. The van der Waals surface area contributed by atoms with Crippen LogP contribution >= 0.6 is 31.9 Å². The number of ether oxygens (including phenoxy) is 1. The van der Waals surface area contributed by atoms with Crippen LogP contribution in [0.15, 0.2) is 16.6 Å². The van der Waals surface area contributed by atoms with Crippen LogP contribution in [0.25, 0.3) is 0 Å². The Morgan fingerprint density at radius 2 is 2.12 bits per heavy atom. The first-order valence-electron chi connectivity index (χ1n) is 4.58. The zero-order valence-corrected chi connectivity index (χ0v) is 12.1. The average molecular weight is 367 g/mol. The normalized spacial score (nSPS) is 10.1. The van der Waals surface area contributed by atoms with Crippen molar-refractivity contribution in [2.24, 2.45) is 0 Å². The Kier molecular flexibility index (Phi) is 5.07. The number of carbonyl (C=O) groups is 1. The number of hydrogen-bond donors (Lipinski definition) is 0. The number of methoxy groups -OCH3 is 1. The maximum absolute atomic E-state index is 11.2. The number of hydrogen-bond acceptors (Lipinski definition) is 4. The molecule has 0 radical (unpaired) electrons. The smallest absolute Gasteiger partial charge is 0.309 e. The second-order valence-electron chi connectivity index (χ2n) is 3.22. The molecule has 1 aromatic carbocycles. The summed E-state index contributed by atoms with van der Waals surface area (Å²) >= 11 is 6.40. The van der Waals surface area contributed by atoms with Crippen LogP contribution in [-0.4, -0.2) is 18.0 Å². The molecule has 0 saturated heterocycles. The summed E-state index contributed by atoms with van der Waals surface area (Å²) in [5, 5.41) is 11.3. The van der Waals surface area contributed by atoms with E-state index in [0.717, 1.165) is 5.56 Å². The Hall–Kier alpha value is -0.950. The molecule has 0 unspecified atom stereocenters. The third-order valence-corrected chi connectivity index (χ3v) is 3.41. The molecule has 0 bridgehead atoms. The summed E-state index contributed by atoms with van der Waals surface area (Å²) in [5.41, 5.74) is 1.34. The zero-order chi connectivity index (χ0) is 13.0. The maximum Gasteiger partial charge on any atom is 0.309 e. The van der Waals surface area contributed by atoms with Gasteiger partial charge in [0.05, 0.1) is 22.9 Å². The Morgan fingerprint density at radius 1 is 1.47 bits per heavy atom. The number of alkyl halides is 1. The van der Waals surface area contributed by atoms with Gasteiger partial charge in [-0.15, -0.1) is 0 Å². The van der Waals surface area contributed by atoms with Crippen LogP contribution in [0.1, 0.15) is 11.1 Å². The Balaban J connectivity index is 3.21. The lowest BCUT2D eigenvalue weighted by Gasteiger charge is -2.07. The van der Waals surface area contributed by atoms with Crippen LogP contribution in [-0.2, 0) is 21.3 Å². The van der Waals surface area contributed by atoms with Gasteiger partial charge in [-0.1, -0.05) is 15.9 Å². The first-order valence-corrected chi connectivity index (χ1v) is 6.49. The topological polar surface area (TPSA) is 69.4 Å². The first kappa shape index (κ1) is 14.1. The molecule has 17 heavy (non-hydrogen) atoms. The molecule has 0 fully saturated rings. The Labute approximate surface area is 115 Å². The number of benzene rings is 1. The highest BCUT2D eigenvalue weighted by Crippen LogP contribution is 2.30. The van der Waals surface area contributed by atoms with E-state index in [9.17, 15) is 14.9 Å². The predicted molar refractivity (Wildman–Crippen MR) is 69.1 cm³/mol. The fourth-order valence-electron chi connectivity index (χ4n) is 1.30. The van der Waals surface area contributed by atoms with Crippen molar-refractivity contribution in [1.29, 1.82) is 0 Å². The summed E-state index contributed by atoms with van der Waals surface area (Å²) in [6.45, 7) is 0. The summed E-state index contributed by atoms with van der Waals surface area (Å²) in [5.74, 6) is -0.427. The van der Waals surface area contributed by atoms with Gasteiger partial charge in [0.15, 0.2) is 0 Å². The number of nitrogens with zero attached hydrogens (tertiary/aromatic N) is 1. The van der Waals surface area contributed by atoms with Gasteiger partial charge in [-0.2, -0.15) is 0 Å². The number of halogens is 2. The molecule has 1 aromatic rings. The minimum absolute atomic E-state index is 0.0194. The van der Waals surface area contributed by atoms with Gasteiger partial charge < -0.3 is 4.74 Å². The van der Waals surface area contributed by atoms with Gasteiger partial charge in [0.1, 0.15) is 0 Å². The van der Waals surface area contributed by atoms with E-state index in [1.165, 1.54) is 13.2 Å². The van der Waals surface area contributed by atoms with Crippen molar-refractivity contribution in [3.05, 3.63) is 37.8 Å². The fraction of sp³-hybridized carbons (Fsp3) is 0.300. The van der Waals surface area contributed by atoms with E-state index >= 15 is 0 Å². The minimum Gasteiger partial charge on any atom is -0.469 e. The number of esters is 1. The fourth-order valence-corrected chi connectivity index (χ4v) is 2.36. The molecule has 1 rings (SSSR count). The molecule has 0 aliphatic rings. The molecule has 0 aliphatic heterocycles. The van der Waals surface area contributed by atoms with Crippen molar-refractivity contribution in [1.82, 2.24) is 0 Å². The van der Waals surface area contributed by atoms with Gasteiger partial charge in [-0.3, -0.25) is 14.9 Å². The number of rotatable bonds is 4. The van der Waals surface area contributed by atoms with Gasteiger partial charge >= 0.3 is 5.97 Å². The van der Waals surface area contributed by atoms with Crippen LogP contribution in [0.5, 0.6) is 0 Å². The third kappa shape index (κ3) is 3.50.